The lowest BCUT2D eigenvalue weighted by Crippen LogP contribution is -2.20. The summed E-state index contributed by atoms with van der Waals surface area (Å²) < 4.78 is 3.18. The number of aromatic nitrogens is 5. The summed E-state index contributed by atoms with van der Waals surface area (Å²) in [5.41, 5.74) is 1.85. The van der Waals surface area contributed by atoms with Gasteiger partial charge in [-0.2, -0.15) is 5.10 Å². The molecule has 0 radical (unpaired) electrons. The third-order valence-electron chi connectivity index (χ3n) is 2.27. The quantitative estimate of drug-likeness (QED) is 0.826. The molecule has 0 aliphatic rings. The highest BCUT2D eigenvalue weighted by molar-refractivity contribution is 5.89. The Morgan fingerprint density at radius 1 is 1.47 bits per heavy atom. The summed E-state index contributed by atoms with van der Waals surface area (Å²) in [6.45, 7) is 3.98. The van der Waals surface area contributed by atoms with Gasteiger partial charge in [-0.25, -0.2) is 0 Å². The fraction of sp³-hybridized carbons (Fsp3) is 0.400. The van der Waals surface area contributed by atoms with Crippen LogP contribution in [0.2, 0.25) is 0 Å². The molecule has 0 aromatic carbocycles. The highest BCUT2D eigenvalue weighted by Crippen LogP contribution is 2.03. The molecule has 0 aliphatic heterocycles. The van der Waals surface area contributed by atoms with Crippen LogP contribution in [0.5, 0.6) is 0 Å². The molecule has 0 fully saturated rings. The molecule has 7 nitrogen and oxygen atoms in total. The van der Waals surface area contributed by atoms with Crippen molar-refractivity contribution in [2.45, 2.75) is 20.4 Å². The van der Waals surface area contributed by atoms with Gasteiger partial charge in [-0.3, -0.25) is 14.2 Å². The summed E-state index contributed by atoms with van der Waals surface area (Å²) in [4.78, 5) is 11.7. The first-order valence-corrected chi connectivity index (χ1v) is 5.22. The SMILES string of the molecule is Cc1cc(C)n(CC(=O)Nc2cn(C)nn2)n1. The summed E-state index contributed by atoms with van der Waals surface area (Å²) in [5, 5.41) is 14.4. The minimum atomic E-state index is -0.170. The Labute approximate surface area is 98.4 Å². The predicted octanol–water partition coefficient (Wildman–Crippen LogP) is 0.267. The standard InChI is InChI=1S/C10H14N6O/c1-7-4-8(2)16(13-7)6-10(17)11-9-5-15(3)14-12-9/h4-5H,6H2,1-3H3,(H,11,17). The Morgan fingerprint density at radius 2 is 2.24 bits per heavy atom. The third kappa shape index (κ3) is 2.68. The Bertz CT molecular complexity index is 541. The largest absolute Gasteiger partial charge is 0.306 e. The second-order valence-corrected chi connectivity index (χ2v) is 3.91. The summed E-state index contributed by atoms with van der Waals surface area (Å²) in [6, 6.07) is 1.93. The molecule has 2 aromatic heterocycles. The molecule has 0 atom stereocenters. The van der Waals surface area contributed by atoms with Crippen molar-refractivity contribution in [3.05, 3.63) is 23.7 Å². The minimum Gasteiger partial charge on any atom is -0.306 e. The number of carbonyl (C=O) groups is 1. The first-order chi connectivity index (χ1) is 8.04. The van der Waals surface area contributed by atoms with E-state index in [0.29, 0.717) is 5.82 Å². The molecule has 0 saturated heterocycles. The van der Waals surface area contributed by atoms with Crippen molar-refractivity contribution in [2.75, 3.05) is 5.32 Å². The number of amides is 1. The summed E-state index contributed by atoms with van der Waals surface area (Å²) >= 11 is 0. The Morgan fingerprint density at radius 3 is 2.76 bits per heavy atom. The minimum absolute atomic E-state index is 0.170. The van der Waals surface area contributed by atoms with Crippen LogP contribution in [0.1, 0.15) is 11.4 Å². The van der Waals surface area contributed by atoms with E-state index in [1.54, 1.807) is 17.9 Å². The summed E-state index contributed by atoms with van der Waals surface area (Å²) in [7, 11) is 1.74. The molecule has 0 saturated carbocycles. The monoisotopic (exact) mass is 234 g/mol. The third-order valence-corrected chi connectivity index (χ3v) is 2.27. The molecule has 2 rings (SSSR count). The molecular formula is C10H14N6O. The van der Waals surface area contributed by atoms with Gasteiger partial charge in [-0.05, 0) is 19.9 Å². The van der Waals surface area contributed by atoms with Gasteiger partial charge in [0.25, 0.3) is 0 Å². The molecule has 2 aromatic rings. The van der Waals surface area contributed by atoms with Gasteiger partial charge < -0.3 is 5.32 Å². The van der Waals surface area contributed by atoms with E-state index in [-0.39, 0.29) is 12.5 Å². The normalized spacial score (nSPS) is 10.5. The van der Waals surface area contributed by atoms with Crippen molar-refractivity contribution in [2.24, 2.45) is 7.05 Å². The van der Waals surface area contributed by atoms with Crippen molar-refractivity contribution in [3.63, 3.8) is 0 Å². The zero-order valence-corrected chi connectivity index (χ0v) is 10.0. The molecule has 2 heterocycles. The summed E-state index contributed by atoms with van der Waals surface area (Å²) in [5.74, 6) is 0.274. The maximum Gasteiger partial charge on any atom is 0.247 e. The molecule has 90 valence electrons. The van der Waals surface area contributed by atoms with E-state index in [1.165, 1.54) is 4.68 Å². The van der Waals surface area contributed by atoms with Gasteiger partial charge in [0.05, 0.1) is 11.9 Å². The molecule has 0 spiro atoms. The van der Waals surface area contributed by atoms with E-state index < -0.39 is 0 Å². The van der Waals surface area contributed by atoms with Gasteiger partial charge in [0.1, 0.15) is 6.54 Å². The number of rotatable bonds is 3. The highest BCUT2D eigenvalue weighted by Gasteiger charge is 2.08. The second kappa shape index (κ2) is 4.36. The van der Waals surface area contributed by atoms with E-state index in [4.69, 9.17) is 0 Å². The number of nitrogens with one attached hydrogen (secondary N) is 1. The average Bonchev–Trinajstić information content (AvgIpc) is 2.74. The average molecular weight is 234 g/mol. The molecule has 0 bridgehead atoms. The number of hydrogen-bond donors (Lipinski definition) is 1. The molecule has 1 amide bonds. The Kier molecular flexibility index (Phi) is 2.90. The second-order valence-electron chi connectivity index (χ2n) is 3.91. The molecular weight excluding hydrogens is 220 g/mol. The first-order valence-electron chi connectivity index (χ1n) is 5.22. The first kappa shape index (κ1) is 11.3. The maximum absolute atomic E-state index is 11.7. The van der Waals surface area contributed by atoms with Crippen molar-refractivity contribution in [3.8, 4) is 0 Å². The van der Waals surface area contributed by atoms with Gasteiger partial charge in [-0.1, -0.05) is 5.21 Å². The lowest BCUT2D eigenvalue weighted by Gasteiger charge is -2.03. The summed E-state index contributed by atoms with van der Waals surface area (Å²) in [6.07, 6.45) is 1.64. The van der Waals surface area contributed by atoms with Crippen molar-refractivity contribution < 1.29 is 4.79 Å². The van der Waals surface area contributed by atoms with Crippen LogP contribution < -0.4 is 5.32 Å². The fourth-order valence-corrected chi connectivity index (χ4v) is 1.56. The van der Waals surface area contributed by atoms with E-state index in [0.717, 1.165) is 11.4 Å². The number of hydrogen-bond acceptors (Lipinski definition) is 4. The Hall–Kier alpha value is -2.18. The van der Waals surface area contributed by atoms with Gasteiger partial charge in [0.2, 0.25) is 5.91 Å². The van der Waals surface area contributed by atoms with E-state index in [1.807, 2.05) is 19.9 Å². The predicted molar refractivity (Wildman–Crippen MR) is 61.3 cm³/mol. The van der Waals surface area contributed by atoms with Crippen LogP contribution in [0.15, 0.2) is 12.3 Å². The number of anilines is 1. The van der Waals surface area contributed by atoms with E-state index >= 15 is 0 Å². The van der Waals surface area contributed by atoms with Crippen molar-refractivity contribution in [1.29, 1.82) is 0 Å². The lowest BCUT2D eigenvalue weighted by atomic mass is 10.4. The smallest absolute Gasteiger partial charge is 0.247 e. The number of aryl methyl sites for hydroxylation is 3. The molecule has 17 heavy (non-hydrogen) atoms. The molecule has 0 aliphatic carbocycles. The topological polar surface area (TPSA) is 77.6 Å². The van der Waals surface area contributed by atoms with E-state index in [2.05, 4.69) is 20.7 Å². The van der Waals surface area contributed by atoms with Gasteiger partial charge >= 0.3 is 0 Å². The van der Waals surface area contributed by atoms with Crippen molar-refractivity contribution >= 4 is 11.7 Å². The Balaban J connectivity index is 2.00. The zero-order chi connectivity index (χ0) is 12.4. The van der Waals surface area contributed by atoms with Crippen LogP contribution in [0.4, 0.5) is 5.82 Å². The van der Waals surface area contributed by atoms with Crippen LogP contribution in [0, 0.1) is 13.8 Å². The molecule has 7 heteroatoms. The van der Waals surface area contributed by atoms with Crippen LogP contribution in [0.3, 0.4) is 0 Å². The van der Waals surface area contributed by atoms with Crippen LogP contribution >= 0.6 is 0 Å². The van der Waals surface area contributed by atoms with Crippen molar-refractivity contribution in [1.82, 2.24) is 24.8 Å². The zero-order valence-electron chi connectivity index (χ0n) is 10.0. The van der Waals surface area contributed by atoms with Crippen LogP contribution in [-0.4, -0.2) is 30.7 Å². The lowest BCUT2D eigenvalue weighted by molar-refractivity contribution is -0.117. The number of carbonyl (C=O) groups excluding carboxylic acids is 1. The number of nitrogens with zero attached hydrogens (tertiary/aromatic N) is 5. The van der Waals surface area contributed by atoms with Gasteiger partial charge in [0, 0.05) is 12.7 Å². The van der Waals surface area contributed by atoms with Crippen LogP contribution in [-0.2, 0) is 18.4 Å². The highest BCUT2D eigenvalue weighted by atomic mass is 16.2. The fourth-order valence-electron chi connectivity index (χ4n) is 1.56. The van der Waals surface area contributed by atoms with Crippen LogP contribution in [0.25, 0.3) is 0 Å². The molecule has 1 N–H and O–H groups in total. The van der Waals surface area contributed by atoms with E-state index in [9.17, 15) is 4.79 Å². The van der Waals surface area contributed by atoms with Gasteiger partial charge in [-0.15, -0.1) is 5.10 Å². The van der Waals surface area contributed by atoms with Gasteiger partial charge in [0.15, 0.2) is 5.82 Å². The maximum atomic E-state index is 11.7. The molecule has 0 unspecified atom stereocenters.